The zero-order valence-electron chi connectivity index (χ0n) is 17.9. The van der Waals surface area contributed by atoms with Crippen molar-refractivity contribution >= 4 is 29.1 Å². The van der Waals surface area contributed by atoms with Crippen molar-refractivity contribution < 1.29 is 28.3 Å². The van der Waals surface area contributed by atoms with Crippen LogP contribution in [0.3, 0.4) is 0 Å². The van der Waals surface area contributed by atoms with Crippen LogP contribution in [0, 0.1) is 18.7 Å². The lowest BCUT2D eigenvalue weighted by atomic mass is 9.92. The highest BCUT2D eigenvalue weighted by atomic mass is 19.1. The van der Waals surface area contributed by atoms with Gasteiger partial charge in [0.1, 0.15) is 23.6 Å². The van der Waals surface area contributed by atoms with E-state index in [2.05, 4.69) is 0 Å². The zero-order chi connectivity index (χ0) is 23.7. The van der Waals surface area contributed by atoms with Crippen molar-refractivity contribution in [2.24, 2.45) is 5.92 Å². The van der Waals surface area contributed by atoms with Gasteiger partial charge in [-0.2, -0.15) is 0 Å². The van der Waals surface area contributed by atoms with E-state index < -0.39 is 29.3 Å². The summed E-state index contributed by atoms with van der Waals surface area (Å²) < 4.78 is 18.9. The number of aryl methyl sites for hydroxylation is 1. The third-order valence-electron chi connectivity index (χ3n) is 6.09. The lowest BCUT2D eigenvalue weighted by Gasteiger charge is -2.32. The Kier molecular flexibility index (Phi) is 6.09. The highest BCUT2D eigenvalue weighted by Gasteiger charge is 2.32. The molecule has 1 saturated heterocycles. The van der Waals surface area contributed by atoms with E-state index in [1.54, 1.807) is 25.1 Å². The van der Waals surface area contributed by atoms with Crippen LogP contribution in [-0.2, 0) is 14.4 Å². The SMILES string of the molecule is Cc1cc(F)ccc1-c1cc(=O)oc2cc(C(C=O)C(=O)N3CCC[C@H](C(=O)O)C3)ccc12. The topological polar surface area (TPSA) is 105 Å². The third kappa shape index (κ3) is 4.41. The van der Waals surface area contributed by atoms with Gasteiger partial charge in [0.15, 0.2) is 0 Å². The predicted molar refractivity (Wildman–Crippen MR) is 118 cm³/mol. The van der Waals surface area contributed by atoms with Gasteiger partial charge in [0, 0.05) is 30.1 Å². The molecule has 1 unspecified atom stereocenters. The van der Waals surface area contributed by atoms with Gasteiger partial charge in [-0.15, -0.1) is 0 Å². The molecule has 0 saturated carbocycles. The Balaban J connectivity index is 1.72. The molecule has 0 spiro atoms. The number of piperidine rings is 1. The molecule has 170 valence electrons. The van der Waals surface area contributed by atoms with Crippen LogP contribution in [-0.4, -0.2) is 41.3 Å². The minimum atomic E-state index is -1.15. The van der Waals surface area contributed by atoms with Crippen LogP contribution >= 0.6 is 0 Å². The molecule has 1 N–H and O–H groups in total. The van der Waals surface area contributed by atoms with Crippen molar-refractivity contribution in [3.63, 3.8) is 0 Å². The summed E-state index contributed by atoms with van der Waals surface area (Å²) in [5, 5.41) is 9.86. The maximum Gasteiger partial charge on any atom is 0.336 e. The highest BCUT2D eigenvalue weighted by Crippen LogP contribution is 2.32. The fourth-order valence-electron chi connectivity index (χ4n) is 4.38. The first kappa shape index (κ1) is 22.4. The number of carboxylic acid groups (broad SMARTS) is 1. The predicted octanol–water partition coefficient (Wildman–Crippen LogP) is 3.51. The number of benzene rings is 2. The second-order valence-electron chi connectivity index (χ2n) is 8.27. The number of aldehydes is 1. The molecule has 0 bridgehead atoms. The number of hydrogen-bond acceptors (Lipinski definition) is 5. The summed E-state index contributed by atoms with van der Waals surface area (Å²) in [5.41, 5.74) is 1.78. The van der Waals surface area contributed by atoms with Gasteiger partial charge in [-0.1, -0.05) is 18.2 Å². The van der Waals surface area contributed by atoms with Crippen LogP contribution in [0.25, 0.3) is 22.1 Å². The summed E-state index contributed by atoms with van der Waals surface area (Å²) in [6.45, 7) is 2.16. The number of aliphatic carboxylic acids is 1. The molecule has 0 aliphatic carbocycles. The normalized spacial score (nSPS) is 17.0. The van der Waals surface area contributed by atoms with Crippen molar-refractivity contribution in [2.75, 3.05) is 13.1 Å². The zero-order valence-corrected chi connectivity index (χ0v) is 17.9. The van der Waals surface area contributed by atoms with Crippen molar-refractivity contribution in [3.05, 3.63) is 69.8 Å². The Labute approximate surface area is 188 Å². The van der Waals surface area contributed by atoms with Gasteiger partial charge < -0.3 is 19.2 Å². The Morgan fingerprint density at radius 3 is 2.67 bits per heavy atom. The monoisotopic (exact) mass is 451 g/mol. The van der Waals surface area contributed by atoms with Crippen molar-refractivity contribution in [3.8, 4) is 11.1 Å². The van der Waals surface area contributed by atoms with E-state index in [1.165, 1.54) is 29.2 Å². The second-order valence-corrected chi connectivity index (χ2v) is 8.27. The number of amides is 1. The van der Waals surface area contributed by atoms with Gasteiger partial charge in [0.25, 0.3) is 0 Å². The van der Waals surface area contributed by atoms with E-state index in [0.717, 1.165) is 0 Å². The smallest absolute Gasteiger partial charge is 0.336 e. The molecule has 33 heavy (non-hydrogen) atoms. The number of fused-ring (bicyclic) bond motifs is 1. The highest BCUT2D eigenvalue weighted by molar-refractivity contribution is 6.00. The second kappa shape index (κ2) is 8.97. The molecule has 4 rings (SSSR count). The average Bonchev–Trinajstić information content (AvgIpc) is 2.79. The van der Waals surface area contributed by atoms with Gasteiger partial charge in [-0.25, -0.2) is 9.18 Å². The van der Waals surface area contributed by atoms with Crippen LogP contribution in [0.15, 0.2) is 51.7 Å². The summed E-state index contributed by atoms with van der Waals surface area (Å²) >= 11 is 0. The van der Waals surface area contributed by atoms with E-state index in [4.69, 9.17) is 4.42 Å². The van der Waals surface area contributed by atoms with E-state index in [-0.39, 0.29) is 17.9 Å². The number of halogens is 1. The number of carboxylic acids is 1. The molecule has 1 aromatic heterocycles. The summed E-state index contributed by atoms with van der Waals surface area (Å²) in [6, 6.07) is 10.3. The van der Waals surface area contributed by atoms with Crippen molar-refractivity contribution in [2.45, 2.75) is 25.7 Å². The van der Waals surface area contributed by atoms with E-state index in [1.807, 2.05) is 0 Å². The molecular formula is C25H22FNO6. The number of carbonyl (C=O) groups is 3. The third-order valence-corrected chi connectivity index (χ3v) is 6.09. The van der Waals surface area contributed by atoms with E-state index in [9.17, 15) is 28.7 Å². The largest absolute Gasteiger partial charge is 0.481 e. The molecule has 8 heteroatoms. The number of likely N-dealkylation sites (tertiary alicyclic amines) is 1. The lowest BCUT2D eigenvalue weighted by Crippen LogP contribution is -2.44. The van der Waals surface area contributed by atoms with Crippen LogP contribution in [0.2, 0.25) is 0 Å². The van der Waals surface area contributed by atoms with Gasteiger partial charge >= 0.3 is 11.6 Å². The average molecular weight is 451 g/mol. The van der Waals surface area contributed by atoms with Crippen molar-refractivity contribution in [1.29, 1.82) is 0 Å². The van der Waals surface area contributed by atoms with Crippen LogP contribution < -0.4 is 5.63 Å². The minimum absolute atomic E-state index is 0.0508. The van der Waals surface area contributed by atoms with Crippen LogP contribution in [0.5, 0.6) is 0 Å². The molecule has 1 fully saturated rings. The Hall–Kier alpha value is -3.81. The molecule has 1 aliphatic rings. The van der Waals surface area contributed by atoms with Gasteiger partial charge in [-0.3, -0.25) is 9.59 Å². The maximum absolute atomic E-state index is 13.6. The molecular weight excluding hydrogens is 429 g/mol. The molecule has 3 aromatic rings. The van der Waals surface area contributed by atoms with E-state index >= 15 is 0 Å². The first-order chi connectivity index (χ1) is 15.8. The minimum Gasteiger partial charge on any atom is -0.481 e. The lowest BCUT2D eigenvalue weighted by molar-refractivity contribution is -0.146. The Morgan fingerprint density at radius 2 is 1.97 bits per heavy atom. The van der Waals surface area contributed by atoms with E-state index in [0.29, 0.717) is 53.3 Å². The molecule has 0 radical (unpaired) electrons. The molecule has 2 aromatic carbocycles. The summed E-state index contributed by atoms with van der Waals surface area (Å²) in [4.78, 5) is 49.9. The summed E-state index contributed by atoms with van der Waals surface area (Å²) in [7, 11) is 0. The number of carbonyl (C=O) groups excluding carboxylic acids is 2. The Bertz CT molecular complexity index is 1310. The van der Waals surface area contributed by atoms with Crippen molar-refractivity contribution in [1.82, 2.24) is 4.90 Å². The summed E-state index contributed by atoms with van der Waals surface area (Å²) in [5.74, 6) is -3.65. The van der Waals surface area contributed by atoms with Gasteiger partial charge in [-0.05, 0) is 54.7 Å². The molecule has 2 atom stereocenters. The standard InChI is InChI=1S/C25H22FNO6/c1-14-9-17(26)5-7-18(14)20-11-23(29)33-22-10-15(4-6-19(20)22)21(13-28)24(30)27-8-2-3-16(12-27)25(31)32/h4-7,9-11,13,16,21H,2-3,8,12H2,1H3,(H,31,32)/t16-,21?/m0/s1. The van der Waals surface area contributed by atoms with Gasteiger partial charge in [0.2, 0.25) is 5.91 Å². The fraction of sp³-hybridized carbons (Fsp3) is 0.280. The number of nitrogens with zero attached hydrogens (tertiary/aromatic N) is 1. The maximum atomic E-state index is 13.6. The first-order valence-electron chi connectivity index (χ1n) is 10.6. The fourth-order valence-corrected chi connectivity index (χ4v) is 4.38. The van der Waals surface area contributed by atoms with Crippen LogP contribution in [0.4, 0.5) is 4.39 Å². The number of rotatable bonds is 5. The van der Waals surface area contributed by atoms with Crippen LogP contribution in [0.1, 0.15) is 29.9 Å². The molecule has 1 amide bonds. The number of hydrogen-bond donors (Lipinski definition) is 1. The Morgan fingerprint density at radius 1 is 1.18 bits per heavy atom. The van der Waals surface area contributed by atoms with Gasteiger partial charge in [0.05, 0.1) is 5.92 Å². The summed E-state index contributed by atoms with van der Waals surface area (Å²) in [6.07, 6.45) is 1.54. The first-order valence-corrected chi connectivity index (χ1v) is 10.6. The molecule has 7 nitrogen and oxygen atoms in total. The molecule has 2 heterocycles. The molecule has 1 aliphatic heterocycles. The quantitative estimate of drug-likeness (QED) is 0.362.